The van der Waals surface area contributed by atoms with Crippen LogP contribution < -0.4 is 16.0 Å². The van der Waals surface area contributed by atoms with E-state index in [2.05, 4.69) is 16.0 Å². The van der Waals surface area contributed by atoms with Crippen LogP contribution in [0.2, 0.25) is 0 Å². The number of carbonyl (C=O) groups excluding carboxylic acids is 1. The molecule has 0 aliphatic carbocycles. The standard InChI is InChI=1S/C6H10N4O2S/c11-2-1-10-4-3(8-6(10)12)7-5(13)9-4/h3-4,11H,1-2H2,(H,8,12)(H2,7,9,13)/t3-,4+/m0/s1. The van der Waals surface area contributed by atoms with E-state index >= 15 is 0 Å². The molecule has 72 valence electrons. The van der Waals surface area contributed by atoms with Crippen LogP contribution >= 0.6 is 12.2 Å². The number of fused-ring (bicyclic) bond motifs is 1. The van der Waals surface area contributed by atoms with Crippen LogP contribution in [0.1, 0.15) is 0 Å². The first-order chi connectivity index (χ1) is 6.22. The fraction of sp³-hybridized carbons (Fsp3) is 0.667. The van der Waals surface area contributed by atoms with Crippen molar-refractivity contribution in [1.82, 2.24) is 20.9 Å². The topological polar surface area (TPSA) is 76.6 Å². The molecule has 2 amide bonds. The lowest BCUT2D eigenvalue weighted by molar-refractivity contribution is 0.173. The van der Waals surface area contributed by atoms with E-state index in [1.165, 1.54) is 4.90 Å². The van der Waals surface area contributed by atoms with Gasteiger partial charge in [-0.2, -0.15) is 0 Å². The molecule has 0 aromatic heterocycles. The van der Waals surface area contributed by atoms with Gasteiger partial charge in [-0.15, -0.1) is 0 Å². The SMILES string of the molecule is O=C1N[C@@H]2NC(=S)N[C@@H]2N1CCO. The van der Waals surface area contributed by atoms with Gasteiger partial charge in [-0.3, -0.25) is 4.90 Å². The molecule has 0 saturated carbocycles. The van der Waals surface area contributed by atoms with Gasteiger partial charge in [0, 0.05) is 6.54 Å². The van der Waals surface area contributed by atoms with Crippen molar-refractivity contribution in [2.45, 2.75) is 12.3 Å². The zero-order valence-electron chi connectivity index (χ0n) is 6.78. The highest BCUT2D eigenvalue weighted by molar-refractivity contribution is 7.80. The number of urea groups is 1. The minimum absolute atomic E-state index is 0.0505. The minimum Gasteiger partial charge on any atom is -0.395 e. The maximum absolute atomic E-state index is 11.3. The maximum atomic E-state index is 11.3. The maximum Gasteiger partial charge on any atom is 0.320 e. The van der Waals surface area contributed by atoms with Crippen molar-refractivity contribution >= 4 is 23.4 Å². The fourth-order valence-corrected chi connectivity index (χ4v) is 1.79. The van der Waals surface area contributed by atoms with Crippen LogP contribution in [-0.2, 0) is 0 Å². The molecule has 0 unspecified atom stereocenters. The monoisotopic (exact) mass is 202 g/mol. The number of hydrogen-bond donors (Lipinski definition) is 4. The first kappa shape index (κ1) is 8.52. The van der Waals surface area contributed by atoms with E-state index in [1.54, 1.807) is 0 Å². The van der Waals surface area contributed by atoms with E-state index in [0.717, 1.165) is 0 Å². The van der Waals surface area contributed by atoms with E-state index < -0.39 is 0 Å². The lowest BCUT2D eigenvalue weighted by Gasteiger charge is -2.19. The average molecular weight is 202 g/mol. The van der Waals surface area contributed by atoms with Crippen LogP contribution in [0, 0.1) is 0 Å². The summed E-state index contributed by atoms with van der Waals surface area (Å²) in [5, 5.41) is 17.8. The van der Waals surface area contributed by atoms with E-state index in [0.29, 0.717) is 11.7 Å². The van der Waals surface area contributed by atoms with Gasteiger partial charge in [0.1, 0.15) is 12.3 Å². The molecular formula is C6H10N4O2S. The molecule has 6 nitrogen and oxygen atoms in total. The second kappa shape index (κ2) is 3.00. The molecule has 2 aliphatic rings. The Hall–Kier alpha value is -1.08. The summed E-state index contributed by atoms with van der Waals surface area (Å²) in [4.78, 5) is 12.8. The molecule has 13 heavy (non-hydrogen) atoms. The van der Waals surface area contributed by atoms with Crippen LogP contribution in [-0.4, -0.2) is 46.6 Å². The second-order valence-corrected chi connectivity index (χ2v) is 3.32. The summed E-state index contributed by atoms with van der Waals surface area (Å²) in [6, 6.07) is -0.188. The van der Waals surface area contributed by atoms with Crippen molar-refractivity contribution in [2.75, 3.05) is 13.2 Å². The van der Waals surface area contributed by atoms with Crippen molar-refractivity contribution in [3.05, 3.63) is 0 Å². The summed E-state index contributed by atoms with van der Waals surface area (Å²) in [5.41, 5.74) is 0. The average Bonchev–Trinajstić information content (AvgIpc) is 2.52. The third-order valence-electron chi connectivity index (χ3n) is 2.10. The Kier molecular flexibility index (Phi) is 1.97. The smallest absolute Gasteiger partial charge is 0.320 e. The van der Waals surface area contributed by atoms with Gasteiger partial charge in [-0.05, 0) is 12.2 Å². The number of aliphatic hydroxyl groups excluding tert-OH is 1. The van der Waals surface area contributed by atoms with Crippen molar-refractivity contribution in [3.63, 3.8) is 0 Å². The highest BCUT2D eigenvalue weighted by atomic mass is 32.1. The van der Waals surface area contributed by atoms with Gasteiger partial charge >= 0.3 is 6.03 Å². The zero-order chi connectivity index (χ0) is 9.42. The Morgan fingerprint density at radius 2 is 2.23 bits per heavy atom. The number of β-amino-alcohol motifs (C(OH)–C–C–N with tert-alkyl or cyclic N) is 1. The molecule has 7 heteroatoms. The lowest BCUT2D eigenvalue weighted by atomic mass is 10.4. The largest absolute Gasteiger partial charge is 0.395 e. The molecule has 0 bridgehead atoms. The molecule has 2 fully saturated rings. The predicted molar refractivity (Wildman–Crippen MR) is 48.8 cm³/mol. The first-order valence-corrected chi connectivity index (χ1v) is 4.38. The first-order valence-electron chi connectivity index (χ1n) is 3.97. The molecule has 2 heterocycles. The Balaban J connectivity index is 2.10. The lowest BCUT2D eigenvalue weighted by Crippen LogP contribution is -2.44. The van der Waals surface area contributed by atoms with Gasteiger partial charge in [0.25, 0.3) is 0 Å². The summed E-state index contributed by atoms with van der Waals surface area (Å²) in [6.45, 7) is 0.259. The number of nitrogens with one attached hydrogen (secondary N) is 3. The van der Waals surface area contributed by atoms with Gasteiger partial charge in [0.15, 0.2) is 5.11 Å². The highest BCUT2D eigenvalue weighted by Gasteiger charge is 2.43. The van der Waals surface area contributed by atoms with E-state index in [4.69, 9.17) is 17.3 Å². The van der Waals surface area contributed by atoms with E-state index in [9.17, 15) is 4.79 Å². The van der Waals surface area contributed by atoms with E-state index in [-0.39, 0.29) is 25.0 Å². The quantitative estimate of drug-likeness (QED) is 0.395. The Bertz CT molecular complexity index is 259. The van der Waals surface area contributed by atoms with Crippen molar-refractivity contribution in [1.29, 1.82) is 0 Å². The van der Waals surface area contributed by atoms with E-state index in [1.807, 2.05) is 0 Å². The van der Waals surface area contributed by atoms with Gasteiger partial charge < -0.3 is 21.1 Å². The summed E-state index contributed by atoms with van der Waals surface area (Å²) in [6.07, 6.45) is -0.348. The molecule has 2 aliphatic heterocycles. The minimum atomic E-state index is -0.188. The number of amides is 2. The number of hydrogen-bond acceptors (Lipinski definition) is 3. The summed E-state index contributed by atoms with van der Waals surface area (Å²) < 4.78 is 0. The predicted octanol–water partition coefficient (Wildman–Crippen LogP) is -1.87. The van der Waals surface area contributed by atoms with Crippen molar-refractivity contribution in [2.24, 2.45) is 0 Å². The molecular weight excluding hydrogens is 192 g/mol. The third kappa shape index (κ3) is 1.29. The van der Waals surface area contributed by atoms with Crippen LogP contribution in [0.4, 0.5) is 4.79 Å². The van der Waals surface area contributed by atoms with Gasteiger partial charge in [0.2, 0.25) is 0 Å². The molecule has 2 atom stereocenters. The van der Waals surface area contributed by atoms with Gasteiger partial charge in [0.05, 0.1) is 6.61 Å². The summed E-state index contributed by atoms with van der Waals surface area (Å²) in [5.74, 6) is 0. The van der Waals surface area contributed by atoms with Gasteiger partial charge in [-0.25, -0.2) is 4.79 Å². The zero-order valence-corrected chi connectivity index (χ0v) is 7.60. The molecule has 0 radical (unpaired) electrons. The van der Waals surface area contributed by atoms with Gasteiger partial charge in [-0.1, -0.05) is 0 Å². The second-order valence-electron chi connectivity index (χ2n) is 2.91. The summed E-state index contributed by atoms with van der Waals surface area (Å²) >= 11 is 4.89. The molecule has 0 spiro atoms. The number of rotatable bonds is 2. The Morgan fingerprint density at radius 1 is 1.46 bits per heavy atom. The van der Waals surface area contributed by atoms with Crippen molar-refractivity contribution in [3.8, 4) is 0 Å². The highest BCUT2D eigenvalue weighted by Crippen LogP contribution is 2.12. The molecule has 2 rings (SSSR count). The number of carbonyl (C=O) groups is 1. The Labute approximate surface area is 80.3 Å². The van der Waals surface area contributed by atoms with Crippen LogP contribution in [0.25, 0.3) is 0 Å². The normalized spacial score (nSPS) is 31.0. The fourth-order valence-electron chi connectivity index (χ4n) is 1.54. The third-order valence-corrected chi connectivity index (χ3v) is 2.33. The molecule has 2 saturated heterocycles. The number of thiocarbonyl (C=S) groups is 1. The summed E-state index contributed by atoms with van der Waals surface area (Å²) in [7, 11) is 0. The van der Waals surface area contributed by atoms with Crippen LogP contribution in [0.15, 0.2) is 0 Å². The van der Waals surface area contributed by atoms with Crippen molar-refractivity contribution < 1.29 is 9.90 Å². The molecule has 0 aromatic rings. The number of nitrogens with zero attached hydrogens (tertiary/aromatic N) is 1. The molecule has 4 N–H and O–H groups in total. The molecule has 0 aromatic carbocycles. The van der Waals surface area contributed by atoms with Crippen LogP contribution in [0.5, 0.6) is 0 Å². The Morgan fingerprint density at radius 3 is 2.92 bits per heavy atom. The number of aliphatic hydroxyl groups is 1. The van der Waals surface area contributed by atoms with Crippen LogP contribution in [0.3, 0.4) is 0 Å².